The molecule has 0 aliphatic heterocycles. The number of nitrogens with zero attached hydrogens (tertiary/aromatic N) is 1. The zero-order valence-corrected chi connectivity index (χ0v) is 12.1. The number of nitro groups is 1. The number of rotatable bonds is 5. The molecule has 0 radical (unpaired) electrons. The van der Waals surface area contributed by atoms with Crippen molar-refractivity contribution in [1.29, 1.82) is 0 Å². The molecule has 0 saturated carbocycles. The van der Waals surface area contributed by atoms with Crippen LogP contribution in [0.3, 0.4) is 0 Å². The standard InChI is InChI=1S/C15H12ClFN2O3/c16-14-9-12(19(21)22)4-5-13(14)15(20)18-7-6-10-2-1-3-11(17)8-10/h1-5,8-9H,6-7H2,(H,18,20). The van der Waals surface area contributed by atoms with E-state index in [1.807, 2.05) is 0 Å². The molecule has 2 aromatic carbocycles. The van der Waals surface area contributed by atoms with Crippen LogP contribution in [-0.2, 0) is 6.42 Å². The smallest absolute Gasteiger partial charge is 0.270 e. The largest absolute Gasteiger partial charge is 0.352 e. The molecule has 0 atom stereocenters. The van der Waals surface area contributed by atoms with E-state index in [0.29, 0.717) is 13.0 Å². The molecule has 5 nitrogen and oxygen atoms in total. The van der Waals surface area contributed by atoms with Crippen LogP contribution < -0.4 is 5.32 Å². The first kappa shape index (κ1) is 15.9. The Morgan fingerprint density at radius 2 is 2.05 bits per heavy atom. The SMILES string of the molecule is O=C(NCCc1cccc(F)c1)c1ccc([N+](=O)[O-])cc1Cl. The third kappa shape index (κ3) is 4.02. The van der Waals surface area contributed by atoms with E-state index in [1.165, 1.54) is 24.3 Å². The van der Waals surface area contributed by atoms with E-state index < -0.39 is 10.8 Å². The minimum absolute atomic E-state index is 0.0115. The van der Waals surface area contributed by atoms with Crippen molar-refractivity contribution in [3.63, 3.8) is 0 Å². The van der Waals surface area contributed by atoms with Crippen LogP contribution in [0.4, 0.5) is 10.1 Å². The van der Waals surface area contributed by atoms with Crippen LogP contribution >= 0.6 is 11.6 Å². The van der Waals surface area contributed by atoms with Crippen molar-refractivity contribution in [1.82, 2.24) is 5.32 Å². The zero-order chi connectivity index (χ0) is 16.1. The van der Waals surface area contributed by atoms with Crippen molar-refractivity contribution in [2.24, 2.45) is 0 Å². The second-order valence-electron chi connectivity index (χ2n) is 4.56. The van der Waals surface area contributed by atoms with E-state index in [0.717, 1.165) is 11.6 Å². The molecule has 0 unspecified atom stereocenters. The van der Waals surface area contributed by atoms with Crippen LogP contribution in [-0.4, -0.2) is 17.4 Å². The van der Waals surface area contributed by atoms with Gasteiger partial charge in [-0.3, -0.25) is 14.9 Å². The molecule has 1 amide bonds. The fourth-order valence-corrected chi connectivity index (χ4v) is 2.17. The van der Waals surface area contributed by atoms with Crippen LogP contribution in [0, 0.1) is 15.9 Å². The maximum Gasteiger partial charge on any atom is 0.270 e. The van der Waals surface area contributed by atoms with Crippen LogP contribution in [0.5, 0.6) is 0 Å². The van der Waals surface area contributed by atoms with Gasteiger partial charge in [0.1, 0.15) is 5.82 Å². The van der Waals surface area contributed by atoms with Crippen LogP contribution in [0.15, 0.2) is 42.5 Å². The van der Waals surface area contributed by atoms with Gasteiger partial charge < -0.3 is 5.32 Å². The normalized spacial score (nSPS) is 10.3. The number of non-ortho nitro benzene ring substituents is 1. The number of halogens is 2. The number of benzene rings is 2. The lowest BCUT2D eigenvalue weighted by atomic mass is 10.1. The van der Waals surface area contributed by atoms with E-state index in [4.69, 9.17) is 11.6 Å². The van der Waals surface area contributed by atoms with Crippen molar-refractivity contribution in [3.8, 4) is 0 Å². The number of carbonyl (C=O) groups excluding carboxylic acids is 1. The Labute approximate surface area is 130 Å². The van der Waals surface area contributed by atoms with Gasteiger partial charge in [0.05, 0.1) is 15.5 Å². The highest BCUT2D eigenvalue weighted by molar-refractivity contribution is 6.34. The van der Waals surface area contributed by atoms with Gasteiger partial charge in [-0.25, -0.2) is 4.39 Å². The van der Waals surface area contributed by atoms with Crippen molar-refractivity contribution in [2.45, 2.75) is 6.42 Å². The summed E-state index contributed by atoms with van der Waals surface area (Å²) in [7, 11) is 0. The Morgan fingerprint density at radius 3 is 2.68 bits per heavy atom. The molecular formula is C15H12ClFN2O3. The highest BCUT2D eigenvalue weighted by atomic mass is 35.5. The fourth-order valence-electron chi connectivity index (χ4n) is 1.91. The molecule has 2 rings (SSSR count). The Balaban J connectivity index is 1.96. The summed E-state index contributed by atoms with van der Waals surface area (Å²) in [5.41, 5.74) is 0.739. The first-order chi connectivity index (χ1) is 10.5. The summed E-state index contributed by atoms with van der Waals surface area (Å²) < 4.78 is 13.0. The number of nitrogens with one attached hydrogen (secondary N) is 1. The third-order valence-corrected chi connectivity index (χ3v) is 3.31. The molecule has 0 aliphatic carbocycles. The highest BCUT2D eigenvalue weighted by Crippen LogP contribution is 2.22. The molecular weight excluding hydrogens is 311 g/mol. The first-order valence-electron chi connectivity index (χ1n) is 6.44. The van der Waals surface area contributed by atoms with E-state index in [9.17, 15) is 19.3 Å². The summed E-state index contributed by atoms with van der Waals surface area (Å²) in [5, 5.41) is 13.3. The molecule has 22 heavy (non-hydrogen) atoms. The molecule has 0 bridgehead atoms. The molecule has 0 aromatic heterocycles. The maximum absolute atomic E-state index is 13.0. The monoisotopic (exact) mass is 322 g/mol. The van der Waals surface area contributed by atoms with Crippen LogP contribution in [0.2, 0.25) is 5.02 Å². The van der Waals surface area contributed by atoms with Gasteiger partial charge in [-0.05, 0) is 30.2 Å². The Morgan fingerprint density at radius 1 is 1.27 bits per heavy atom. The van der Waals surface area contributed by atoms with Crippen molar-refractivity contribution in [2.75, 3.05) is 6.54 Å². The molecule has 7 heteroatoms. The molecule has 0 heterocycles. The number of nitro benzene ring substituents is 1. The molecule has 0 fully saturated rings. The van der Waals surface area contributed by atoms with Gasteiger partial charge in [0, 0.05) is 18.7 Å². The van der Waals surface area contributed by atoms with Gasteiger partial charge in [-0.1, -0.05) is 23.7 Å². The van der Waals surface area contributed by atoms with Gasteiger partial charge >= 0.3 is 0 Å². The number of amides is 1. The lowest BCUT2D eigenvalue weighted by molar-refractivity contribution is -0.384. The summed E-state index contributed by atoms with van der Waals surface area (Å²) in [5.74, 6) is -0.765. The quantitative estimate of drug-likeness (QED) is 0.677. The van der Waals surface area contributed by atoms with Crippen LogP contribution in [0.1, 0.15) is 15.9 Å². The minimum Gasteiger partial charge on any atom is -0.352 e. The number of hydrogen-bond donors (Lipinski definition) is 1. The Bertz CT molecular complexity index is 722. The average Bonchev–Trinajstić information content (AvgIpc) is 2.47. The second kappa shape index (κ2) is 7.00. The van der Waals surface area contributed by atoms with E-state index >= 15 is 0 Å². The minimum atomic E-state index is -0.586. The van der Waals surface area contributed by atoms with Gasteiger partial charge in [0.25, 0.3) is 11.6 Å². The topological polar surface area (TPSA) is 72.2 Å². The zero-order valence-electron chi connectivity index (χ0n) is 11.4. The first-order valence-corrected chi connectivity index (χ1v) is 6.82. The highest BCUT2D eigenvalue weighted by Gasteiger charge is 2.14. The molecule has 114 valence electrons. The van der Waals surface area contributed by atoms with Gasteiger partial charge in [0.15, 0.2) is 0 Å². The molecule has 2 aromatic rings. The van der Waals surface area contributed by atoms with Gasteiger partial charge in [-0.15, -0.1) is 0 Å². The number of carbonyl (C=O) groups is 1. The Hall–Kier alpha value is -2.47. The fraction of sp³-hybridized carbons (Fsp3) is 0.133. The van der Waals surface area contributed by atoms with Crippen molar-refractivity contribution >= 4 is 23.2 Å². The average molecular weight is 323 g/mol. The van der Waals surface area contributed by atoms with Crippen molar-refractivity contribution in [3.05, 3.63) is 74.5 Å². The number of hydrogen-bond acceptors (Lipinski definition) is 3. The third-order valence-electron chi connectivity index (χ3n) is 3.00. The summed E-state index contributed by atoms with van der Waals surface area (Å²) in [4.78, 5) is 22.0. The maximum atomic E-state index is 13.0. The molecule has 1 N–H and O–H groups in total. The van der Waals surface area contributed by atoms with E-state index in [2.05, 4.69) is 5.32 Å². The van der Waals surface area contributed by atoms with E-state index in [1.54, 1.807) is 12.1 Å². The predicted octanol–water partition coefficient (Wildman–Crippen LogP) is 3.36. The van der Waals surface area contributed by atoms with Gasteiger partial charge in [0.2, 0.25) is 0 Å². The lowest BCUT2D eigenvalue weighted by Crippen LogP contribution is -2.26. The van der Waals surface area contributed by atoms with Crippen molar-refractivity contribution < 1.29 is 14.1 Å². The molecule has 0 saturated heterocycles. The molecule has 0 aliphatic rings. The molecule has 0 spiro atoms. The summed E-state index contributed by atoms with van der Waals surface area (Å²) in [6, 6.07) is 9.74. The lowest BCUT2D eigenvalue weighted by Gasteiger charge is -2.07. The second-order valence-corrected chi connectivity index (χ2v) is 4.96. The van der Waals surface area contributed by atoms with Gasteiger partial charge in [-0.2, -0.15) is 0 Å². The summed E-state index contributed by atoms with van der Waals surface area (Å²) >= 11 is 5.87. The summed E-state index contributed by atoms with van der Waals surface area (Å²) in [6.45, 7) is 0.301. The van der Waals surface area contributed by atoms with Crippen LogP contribution in [0.25, 0.3) is 0 Å². The Kier molecular flexibility index (Phi) is 5.06. The summed E-state index contributed by atoms with van der Waals surface area (Å²) in [6.07, 6.45) is 0.466. The predicted molar refractivity (Wildman–Crippen MR) is 80.5 cm³/mol. The van der Waals surface area contributed by atoms with E-state index in [-0.39, 0.29) is 22.1 Å².